The summed E-state index contributed by atoms with van der Waals surface area (Å²) in [5, 5.41) is 27.9. The molecule has 0 amide bonds. The molecule has 0 aliphatic carbocycles. The molecular formula is C27H55NO5. The van der Waals surface area contributed by atoms with Crippen LogP contribution in [0.3, 0.4) is 0 Å². The third-order valence-electron chi connectivity index (χ3n) is 6.26. The summed E-state index contributed by atoms with van der Waals surface area (Å²) >= 11 is 0. The standard InChI is InChI=1S/C27H55NO5/c1-2-3-4-5-6-7-8-12-18-25-33-27(32)20-15-13-17-22-28(23-24-29)21-16-11-9-10-14-19-26(30)31/h27,29,32H,2-25H2,1H3,(H,30,31). The normalized spacial score (nSPS) is 12.5. The Bertz CT molecular complexity index is 408. The molecule has 6 nitrogen and oxygen atoms in total. The first-order valence-corrected chi connectivity index (χ1v) is 13.9. The van der Waals surface area contributed by atoms with Crippen LogP contribution in [0, 0.1) is 0 Å². The lowest BCUT2D eigenvalue weighted by Gasteiger charge is -2.21. The summed E-state index contributed by atoms with van der Waals surface area (Å²) in [5.74, 6) is -0.706. The van der Waals surface area contributed by atoms with Gasteiger partial charge in [-0.3, -0.25) is 4.79 Å². The maximum absolute atomic E-state index is 10.5. The second-order valence-electron chi connectivity index (χ2n) is 9.48. The average molecular weight is 474 g/mol. The van der Waals surface area contributed by atoms with Crippen molar-refractivity contribution < 1.29 is 24.9 Å². The van der Waals surface area contributed by atoms with Crippen LogP contribution in [0.1, 0.15) is 129 Å². The molecule has 198 valence electrons. The number of aliphatic hydroxyl groups excluding tert-OH is 2. The first-order valence-electron chi connectivity index (χ1n) is 13.9. The molecule has 0 saturated carbocycles. The first kappa shape index (κ1) is 32.3. The van der Waals surface area contributed by atoms with E-state index in [4.69, 9.17) is 9.84 Å². The molecule has 1 unspecified atom stereocenters. The number of unbranched alkanes of at least 4 members (excludes halogenated alkanes) is 14. The predicted octanol–water partition coefficient (Wildman–Crippen LogP) is 6.13. The molecule has 0 aromatic heterocycles. The lowest BCUT2D eigenvalue weighted by Crippen LogP contribution is -2.29. The summed E-state index contributed by atoms with van der Waals surface area (Å²) in [5.41, 5.74) is 0. The fraction of sp³-hybridized carbons (Fsp3) is 0.963. The number of rotatable bonds is 27. The van der Waals surface area contributed by atoms with E-state index >= 15 is 0 Å². The van der Waals surface area contributed by atoms with Gasteiger partial charge in [0.2, 0.25) is 0 Å². The summed E-state index contributed by atoms with van der Waals surface area (Å²) in [4.78, 5) is 12.8. The van der Waals surface area contributed by atoms with Gasteiger partial charge in [-0.15, -0.1) is 0 Å². The van der Waals surface area contributed by atoms with E-state index < -0.39 is 12.3 Å². The molecular weight excluding hydrogens is 418 g/mol. The smallest absolute Gasteiger partial charge is 0.303 e. The zero-order valence-corrected chi connectivity index (χ0v) is 21.7. The van der Waals surface area contributed by atoms with E-state index in [1.165, 1.54) is 51.4 Å². The SMILES string of the molecule is CCCCCCCCCCCOC(O)CCCCCN(CCO)CCCCCCCC(=O)O. The van der Waals surface area contributed by atoms with E-state index in [0.717, 1.165) is 70.9 Å². The van der Waals surface area contributed by atoms with E-state index in [1.54, 1.807) is 0 Å². The Labute approximate surface area is 204 Å². The highest BCUT2D eigenvalue weighted by Gasteiger charge is 2.06. The highest BCUT2D eigenvalue weighted by Crippen LogP contribution is 2.11. The zero-order chi connectivity index (χ0) is 24.4. The van der Waals surface area contributed by atoms with Gasteiger partial charge in [0, 0.05) is 19.6 Å². The summed E-state index contributed by atoms with van der Waals surface area (Å²) in [6, 6.07) is 0. The Morgan fingerprint density at radius 1 is 0.727 bits per heavy atom. The Hall–Kier alpha value is -0.690. The third kappa shape index (κ3) is 25.8. The second-order valence-corrected chi connectivity index (χ2v) is 9.48. The Morgan fingerprint density at radius 2 is 1.24 bits per heavy atom. The van der Waals surface area contributed by atoms with Crippen molar-refractivity contribution in [3.05, 3.63) is 0 Å². The van der Waals surface area contributed by atoms with Crippen molar-refractivity contribution in [2.45, 2.75) is 135 Å². The van der Waals surface area contributed by atoms with Crippen LogP contribution in [-0.2, 0) is 9.53 Å². The van der Waals surface area contributed by atoms with Gasteiger partial charge in [0.25, 0.3) is 0 Å². The summed E-state index contributed by atoms with van der Waals surface area (Å²) in [6.07, 6.45) is 20.1. The van der Waals surface area contributed by atoms with E-state index in [0.29, 0.717) is 19.6 Å². The maximum Gasteiger partial charge on any atom is 0.303 e. The van der Waals surface area contributed by atoms with Gasteiger partial charge in [0.05, 0.1) is 6.61 Å². The molecule has 0 bridgehead atoms. The summed E-state index contributed by atoms with van der Waals surface area (Å²) < 4.78 is 5.55. The molecule has 0 heterocycles. The number of aliphatic carboxylic acids is 1. The van der Waals surface area contributed by atoms with Gasteiger partial charge in [-0.25, -0.2) is 0 Å². The van der Waals surface area contributed by atoms with Gasteiger partial charge < -0.3 is 25.0 Å². The molecule has 0 spiro atoms. The molecule has 0 radical (unpaired) electrons. The van der Waals surface area contributed by atoms with Crippen LogP contribution in [0.2, 0.25) is 0 Å². The molecule has 1 atom stereocenters. The van der Waals surface area contributed by atoms with Crippen molar-refractivity contribution in [1.82, 2.24) is 4.90 Å². The molecule has 6 heteroatoms. The summed E-state index contributed by atoms with van der Waals surface area (Å²) in [7, 11) is 0. The van der Waals surface area contributed by atoms with Crippen molar-refractivity contribution in [2.75, 3.05) is 32.8 Å². The van der Waals surface area contributed by atoms with Gasteiger partial charge in [-0.1, -0.05) is 84.0 Å². The van der Waals surface area contributed by atoms with Gasteiger partial charge in [-0.2, -0.15) is 0 Å². The number of carboxylic acid groups (broad SMARTS) is 1. The van der Waals surface area contributed by atoms with Crippen molar-refractivity contribution in [3.8, 4) is 0 Å². The number of aliphatic hydroxyl groups is 2. The van der Waals surface area contributed by atoms with E-state index in [-0.39, 0.29) is 13.0 Å². The Kier molecular flexibility index (Phi) is 25.4. The number of nitrogens with zero attached hydrogens (tertiary/aromatic N) is 1. The summed E-state index contributed by atoms with van der Waals surface area (Å²) in [6.45, 7) is 5.78. The molecule has 0 saturated heterocycles. The van der Waals surface area contributed by atoms with Crippen LogP contribution >= 0.6 is 0 Å². The molecule has 0 fully saturated rings. The minimum absolute atomic E-state index is 0.185. The van der Waals surface area contributed by atoms with Crippen molar-refractivity contribution in [2.24, 2.45) is 0 Å². The molecule has 33 heavy (non-hydrogen) atoms. The van der Waals surface area contributed by atoms with E-state index in [9.17, 15) is 15.0 Å². The first-order chi connectivity index (χ1) is 16.1. The molecule has 0 rings (SSSR count). The molecule has 0 aromatic rings. The lowest BCUT2D eigenvalue weighted by molar-refractivity contribution is -0.137. The quantitative estimate of drug-likeness (QED) is 0.0981. The van der Waals surface area contributed by atoms with Crippen molar-refractivity contribution in [1.29, 1.82) is 0 Å². The fourth-order valence-electron chi connectivity index (χ4n) is 4.17. The lowest BCUT2D eigenvalue weighted by atomic mass is 10.1. The number of carbonyl (C=O) groups is 1. The second kappa shape index (κ2) is 25.9. The molecule has 0 aromatic carbocycles. The van der Waals surface area contributed by atoms with Crippen LogP contribution in [0.4, 0.5) is 0 Å². The predicted molar refractivity (Wildman–Crippen MR) is 137 cm³/mol. The Balaban J connectivity index is 3.51. The van der Waals surface area contributed by atoms with Crippen LogP contribution in [0.5, 0.6) is 0 Å². The maximum atomic E-state index is 10.5. The minimum atomic E-state index is -0.706. The number of hydrogen-bond acceptors (Lipinski definition) is 5. The number of ether oxygens (including phenoxy) is 1. The highest BCUT2D eigenvalue weighted by molar-refractivity contribution is 5.66. The molecule has 3 N–H and O–H groups in total. The van der Waals surface area contributed by atoms with Crippen LogP contribution in [0.15, 0.2) is 0 Å². The third-order valence-corrected chi connectivity index (χ3v) is 6.26. The van der Waals surface area contributed by atoms with Crippen molar-refractivity contribution in [3.63, 3.8) is 0 Å². The minimum Gasteiger partial charge on any atom is -0.481 e. The zero-order valence-electron chi connectivity index (χ0n) is 21.7. The number of hydrogen-bond donors (Lipinski definition) is 3. The monoisotopic (exact) mass is 473 g/mol. The fourth-order valence-corrected chi connectivity index (χ4v) is 4.17. The van der Waals surface area contributed by atoms with Crippen LogP contribution < -0.4 is 0 Å². The van der Waals surface area contributed by atoms with Gasteiger partial charge in [0.1, 0.15) is 0 Å². The average Bonchev–Trinajstić information content (AvgIpc) is 2.79. The van der Waals surface area contributed by atoms with Crippen molar-refractivity contribution >= 4 is 5.97 Å². The Morgan fingerprint density at radius 3 is 1.82 bits per heavy atom. The largest absolute Gasteiger partial charge is 0.481 e. The number of carboxylic acids is 1. The highest BCUT2D eigenvalue weighted by atomic mass is 16.6. The van der Waals surface area contributed by atoms with Gasteiger partial charge in [-0.05, 0) is 51.6 Å². The van der Waals surface area contributed by atoms with E-state index in [1.807, 2.05) is 0 Å². The molecule has 0 aliphatic rings. The van der Waals surface area contributed by atoms with Gasteiger partial charge in [0.15, 0.2) is 6.29 Å². The topological polar surface area (TPSA) is 90.2 Å². The molecule has 0 aliphatic heterocycles. The van der Waals surface area contributed by atoms with Gasteiger partial charge >= 0.3 is 5.97 Å². The van der Waals surface area contributed by atoms with E-state index in [2.05, 4.69) is 11.8 Å². The van der Waals surface area contributed by atoms with Crippen LogP contribution in [-0.4, -0.2) is 65.3 Å². The van der Waals surface area contributed by atoms with Crippen LogP contribution in [0.25, 0.3) is 0 Å².